The number of hydrogen-bond acceptors (Lipinski definition) is 13. The van der Waals surface area contributed by atoms with Gasteiger partial charge in [0.15, 0.2) is 0 Å². The standard InChI is InChI=1S/C47H84O15P2/c1-3-5-7-9-11-13-15-17-19-20-22-24-26-28-30-32-34-36-47(52)58-38-44(49)40-60-64(55,56)62-42-45(50)41-61-63(53,54)59-39-43(48)37-57-46(51)35-33-31-29-27-25-23-21-18-16-14-12-10-8-6-4-2/h6,8,10,12,14,16-19,21,43-45,48-50H,3-5,7,9,11,13,15,20,22-42H2,1-2H3,(H,53,54)(H,55,56)/b8-6+,12-10+,16-14+,19-17+,21-18-. The minimum Gasteiger partial charge on any atom is -0.463 e. The van der Waals surface area contributed by atoms with E-state index >= 15 is 0 Å². The fourth-order valence-electron chi connectivity index (χ4n) is 5.86. The zero-order chi connectivity index (χ0) is 47.4. The monoisotopic (exact) mass is 951 g/mol. The molecule has 15 nitrogen and oxygen atoms in total. The van der Waals surface area contributed by atoms with Crippen LogP contribution in [-0.4, -0.2) is 95.0 Å². The van der Waals surface area contributed by atoms with Gasteiger partial charge in [-0.2, -0.15) is 0 Å². The zero-order valence-corrected chi connectivity index (χ0v) is 40.7. The van der Waals surface area contributed by atoms with Crippen molar-refractivity contribution in [1.29, 1.82) is 0 Å². The van der Waals surface area contributed by atoms with E-state index in [2.05, 4.69) is 56.2 Å². The van der Waals surface area contributed by atoms with Crippen LogP contribution in [0.1, 0.15) is 168 Å². The van der Waals surface area contributed by atoms with Gasteiger partial charge in [0, 0.05) is 12.8 Å². The largest absolute Gasteiger partial charge is 0.472 e. The molecule has 0 aliphatic heterocycles. The van der Waals surface area contributed by atoms with Crippen molar-refractivity contribution in [3.05, 3.63) is 60.8 Å². The molecule has 0 saturated carbocycles. The molecule has 17 heteroatoms. The van der Waals surface area contributed by atoms with Gasteiger partial charge in [-0.15, -0.1) is 0 Å². The molecule has 0 spiro atoms. The average Bonchev–Trinajstić information content (AvgIpc) is 3.27. The number of aliphatic hydroxyl groups is 3. The number of carbonyl (C=O) groups excluding carboxylic acids is 2. The highest BCUT2D eigenvalue weighted by molar-refractivity contribution is 7.47. The van der Waals surface area contributed by atoms with Crippen molar-refractivity contribution < 1.29 is 71.4 Å². The molecule has 0 radical (unpaired) electrons. The van der Waals surface area contributed by atoms with Gasteiger partial charge in [-0.05, 0) is 57.8 Å². The van der Waals surface area contributed by atoms with Crippen molar-refractivity contribution in [2.45, 2.75) is 186 Å². The number of aliphatic hydroxyl groups excluding tert-OH is 3. The summed E-state index contributed by atoms with van der Waals surface area (Å²) < 4.78 is 52.9. The first kappa shape index (κ1) is 61.7. The minimum absolute atomic E-state index is 0.168. The fourth-order valence-corrected chi connectivity index (χ4v) is 7.45. The lowest BCUT2D eigenvalue weighted by molar-refractivity contribution is -0.148. The molecule has 0 aromatic carbocycles. The molecule has 64 heavy (non-hydrogen) atoms. The van der Waals surface area contributed by atoms with Gasteiger partial charge in [-0.1, -0.05) is 158 Å². The highest BCUT2D eigenvalue weighted by Crippen LogP contribution is 2.45. The first-order chi connectivity index (χ1) is 30.8. The quantitative estimate of drug-likeness (QED) is 0.0126. The molecule has 0 heterocycles. The summed E-state index contributed by atoms with van der Waals surface area (Å²) in [7, 11) is -9.58. The zero-order valence-electron chi connectivity index (χ0n) is 38.9. The van der Waals surface area contributed by atoms with Crippen molar-refractivity contribution >= 4 is 27.6 Å². The summed E-state index contributed by atoms with van der Waals surface area (Å²) in [5, 5.41) is 30.0. The molecule has 0 amide bonds. The van der Waals surface area contributed by atoms with E-state index in [9.17, 15) is 43.8 Å². The van der Waals surface area contributed by atoms with E-state index in [1.165, 1.54) is 57.8 Å². The van der Waals surface area contributed by atoms with Crippen LogP contribution in [0.2, 0.25) is 0 Å². The number of rotatable bonds is 45. The second-order valence-electron chi connectivity index (χ2n) is 15.8. The number of ether oxygens (including phenoxy) is 2. The number of allylic oxidation sites excluding steroid dienone is 10. The predicted octanol–water partition coefficient (Wildman–Crippen LogP) is 10.6. The number of carbonyl (C=O) groups is 2. The molecule has 0 aromatic heterocycles. The lowest BCUT2D eigenvalue weighted by Crippen LogP contribution is -2.25. The lowest BCUT2D eigenvalue weighted by Gasteiger charge is -2.19. The van der Waals surface area contributed by atoms with Crippen molar-refractivity contribution in [1.82, 2.24) is 0 Å². The Morgan fingerprint density at radius 3 is 1.12 bits per heavy atom. The van der Waals surface area contributed by atoms with Gasteiger partial charge in [0.05, 0.1) is 26.4 Å². The Morgan fingerprint density at radius 1 is 0.422 bits per heavy atom. The normalized spacial score (nSPS) is 15.7. The summed E-state index contributed by atoms with van der Waals surface area (Å²) in [6.07, 6.45) is 40.6. The summed E-state index contributed by atoms with van der Waals surface area (Å²) in [5.41, 5.74) is 0. The third-order valence-corrected chi connectivity index (χ3v) is 11.5. The maximum atomic E-state index is 12.2. The fraction of sp³-hybridized carbons (Fsp3) is 0.745. The second-order valence-corrected chi connectivity index (χ2v) is 18.7. The van der Waals surface area contributed by atoms with E-state index in [1.807, 2.05) is 36.5 Å². The Hall–Kier alpha value is -2.26. The first-order valence-corrected chi connectivity index (χ1v) is 26.7. The Labute approximate surface area is 384 Å². The molecule has 0 bridgehead atoms. The number of hydrogen-bond donors (Lipinski definition) is 5. The topological polar surface area (TPSA) is 225 Å². The highest BCUT2D eigenvalue weighted by Gasteiger charge is 2.28. The summed E-state index contributed by atoms with van der Waals surface area (Å²) in [5.74, 6) is -1.02. The van der Waals surface area contributed by atoms with Crippen LogP contribution in [-0.2, 0) is 46.3 Å². The van der Waals surface area contributed by atoms with Crippen LogP contribution < -0.4 is 0 Å². The highest BCUT2D eigenvalue weighted by atomic mass is 31.2. The number of phosphoric acid groups is 2. The molecule has 0 aliphatic carbocycles. The molecule has 0 fully saturated rings. The molecule has 0 saturated heterocycles. The van der Waals surface area contributed by atoms with Crippen LogP contribution >= 0.6 is 15.6 Å². The Bertz CT molecular complexity index is 1380. The molecule has 0 aromatic rings. The molecule has 5 N–H and O–H groups in total. The molecule has 5 unspecified atom stereocenters. The van der Waals surface area contributed by atoms with E-state index in [0.29, 0.717) is 12.8 Å². The van der Waals surface area contributed by atoms with Gasteiger partial charge in [-0.3, -0.25) is 27.7 Å². The molecule has 0 aliphatic rings. The van der Waals surface area contributed by atoms with Gasteiger partial charge in [-0.25, -0.2) is 9.13 Å². The minimum atomic E-state index is -4.79. The van der Waals surface area contributed by atoms with E-state index in [1.54, 1.807) is 0 Å². The van der Waals surface area contributed by atoms with Gasteiger partial charge in [0.1, 0.15) is 31.5 Å². The molecular formula is C47H84O15P2. The van der Waals surface area contributed by atoms with Crippen LogP contribution in [0.5, 0.6) is 0 Å². The van der Waals surface area contributed by atoms with Crippen LogP contribution in [0.3, 0.4) is 0 Å². The van der Waals surface area contributed by atoms with Crippen LogP contribution in [0, 0.1) is 0 Å². The molecule has 5 atom stereocenters. The van der Waals surface area contributed by atoms with E-state index < -0.39 is 85.5 Å². The second kappa shape index (κ2) is 43.3. The van der Waals surface area contributed by atoms with Crippen LogP contribution in [0.15, 0.2) is 60.8 Å². The average molecular weight is 951 g/mol. The summed E-state index contributed by atoms with van der Waals surface area (Å²) in [6.45, 7) is 0.235. The maximum Gasteiger partial charge on any atom is 0.472 e. The SMILES string of the molecule is CC/C=C/C=C/C=C/C=C\CCCCCCCC(=O)OCC(O)COP(=O)(O)OCC(O)COP(=O)(O)OCC(O)COC(=O)CCCCCCCCC/C=C/CCCCCCCC. The molecule has 372 valence electrons. The summed E-state index contributed by atoms with van der Waals surface area (Å²) in [6, 6.07) is 0. The molecular weight excluding hydrogens is 866 g/mol. The van der Waals surface area contributed by atoms with Gasteiger partial charge < -0.3 is 34.6 Å². The van der Waals surface area contributed by atoms with E-state index in [4.69, 9.17) is 9.47 Å². The van der Waals surface area contributed by atoms with Crippen LogP contribution in [0.4, 0.5) is 0 Å². The number of phosphoric ester groups is 2. The van der Waals surface area contributed by atoms with Crippen molar-refractivity contribution in [2.24, 2.45) is 0 Å². The molecule has 0 rings (SSSR count). The smallest absolute Gasteiger partial charge is 0.463 e. The van der Waals surface area contributed by atoms with Gasteiger partial charge in [0.2, 0.25) is 0 Å². The first-order valence-electron chi connectivity index (χ1n) is 23.7. The Morgan fingerprint density at radius 2 is 0.734 bits per heavy atom. The number of unbranched alkanes of at least 4 members (excludes halogenated alkanes) is 18. The van der Waals surface area contributed by atoms with Gasteiger partial charge >= 0.3 is 27.6 Å². The summed E-state index contributed by atoms with van der Waals surface area (Å²) in [4.78, 5) is 43.7. The predicted molar refractivity (Wildman–Crippen MR) is 251 cm³/mol. The Kier molecular flexibility index (Phi) is 41.8. The Balaban J connectivity index is 3.92. The third-order valence-electron chi connectivity index (χ3n) is 9.55. The maximum absolute atomic E-state index is 12.2. The number of esters is 2. The van der Waals surface area contributed by atoms with Gasteiger partial charge in [0.25, 0.3) is 0 Å². The van der Waals surface area contributed by atoms with Crippen molar-refractivity contribution in [3.63, 3.8) is 0 Å². The van der Waals surface area contributed by atoms with E-state index in [0.717, 1.165) is 70.6 Å². The van der Waals surface area contributed by atoms with Crippen LogP contribution in [0.25, 0.3) is 0 Å². The van der Waals surface area contributed by atoms with E-state index in [-0.39, 0.29) is 12.8 Å². The lowest BCUT2D eigenvalue weighted by atomic mass is 10.1. The third kappa shape index (κ3) is 44.9. The van der Waals surface area contributed by atoms with Crippen molar-refractivity contribution in [3.8, 4) is 0 Å². The summed E-state index contributed by atoms with van der Waals surface area (Å²) >= 11 is 0. The van der Waals surface area contributed by atoms with Crippen molar-refractivity contribution in [2.75, 3.05) is 39.6 Å².